The quantitative estimate of drug-likeness (QED) is 0.794. The lowest BCUT2D eigenvalue weighted by Crippen LogP contribution is -2.52. The van der Waals surface area contributed by atoms with Crippen LogP contribution in [0, 0.1) is 23.7 Å². The van der Waals surface area contributed by atoms with Gasteiger partial charge >= 0.3 is 0 Å². The number of rotatable bonds is 6. The molecule has 3 fully saturated rings. The molecule has 0 unspecified atom stereocenters. The second-order valence-corrected chi connectivity index (χ2v) is 8.11. The van der Waals surface area contributed by atoms with Crippen molar-refractivity contribution in [3.63, 3.8) is 0 Å². The Morgan fingerprint density at radius 2 is 2.08 bits per heavy atom. The van der Waals surface area contributed by atoms with Crippen LogP contribution in [0.25, 0.3) is 0 Å². The van der Waals surface area contributed by atoms with Crippen molar-refractivity contribution < 1.29 is 13.9 Å². The Morgan fingerprint density at radius 3 is 2.80 bits per heavy atom. The summed E-state index contributed by atoms with van der Waals surface area (Å²) in [5.74, 6) is 3.29. The Bertz CT molecular complexity index is 570. The fourth-order valence-corrected chi connectivity index (χ4v) is 4.74. The topological polar surface area (TPSA) is 45.9 Å². The highest BCUT2D eigenvalue weighted by molar-refractivity contribution is 5.80. The summed E-state index contributed by atoms with van der Waals surface area (Å²) in [6, 6.07) is 3.98. The molecule has 3 aliphatic rings. The van der Waals surface area contributed by atoms with E-state index in [1.165, 1.54) is 12.8 Å². The standard InChI is InChI=1S/C20H30N2O3/c1-24-14-16-12-22(11-15-4-5-15)20(23)19-7-9-21(8-6-18(16)19)13-17-3-2-10-25-17/h2-3,10,15-16,18-19H,4-9,11-14H2,1H3/t16-,18-,19-/m0/s1. The summed E-state index contributed by atoms with van der Waals surface area (Å²) >= 11 is 0. The highest BCUT2D eigenvalue weighted by Crippen LogP contribution is 2.39. The van der Waals surface area contributed by atoms with Crippen molar-refractivity contribution in [2.45, 2.75) is 32.2 Å². The average Bonchev–Trinajstić information content (AvgIpc) is 3.32. The molecule has 3 heterocycles. The molecule has 1 amide bonds. The van der Waals surface area contributed by atoms with Crippen LogP contribution in [0.3, 0.4) is 0 Å². The van der Waals surface area contributed by atoms with E-state index in [9.17, 15) is 4.79 Å². The maximum atomic E-state index is 13.1. The number of piperidine rings is 1. The maximum Gasteiger partial charge on any atom is 0.226 e. The Kier molecular flexibility index (Phi) is 5.13. The van der Waals surface area contributed by atoms with Gasteiger partial charge in [0.25, 0.3) is 0 Å². The molecule has 5 nitrogen and oxygen atoms in total. The van der Waals surface area contributed by atoms with Gasteiger partial charge in [-0.2, -0.15) is 0 Å². The summed E-state index contributed by atoms with van der Waals surface area (Å²) in [6.45, 7) is 5.50. The van der Waals surface area contributed by atoms with E-state index in [1.54, 1.807) is 13.4 Å². The van der Waals surface area contributed by atoms with Crippen molar-refractivity contribution >= 4 is 5.91 Å². The monoisotopic (exact) mass is 346 g/mol. The summed E-state index contributed by atoms with van der Waals surface area (Å²) in [4.78, 5) is 17.7. The van der Waals surface area contributed by atoms with Gasteiger partial charge in [-0.3, -0.25) is 9.69 Å². The van der Waals surface area contributed by atoms with E-state index in [2.05, 4.69) is 9.80 Å². The number of fused-ring (bicyclic) bond motifs is 1. The first-order valence-electron chi connectivity index (χ1n) is 9.77. The molecule has 4 rings (SSSR count). The minimum absolute atomic E-state index is 0.175. The van der Waals surface area contributed by atoms with Gasteiger partial charge in [0.1, 0.15) is 5.76 Å². The van der Waals surface area contributed by atoms with Gasteiger partial charge in [-0.25, -0.2) is 0 Å². The number of amides is 1. The van der Waals surface area contributed by atoms with E-state index in [4.69, 9.17) is 9.15 Å². The second-order valence-electron chi connectivity index (χ2n) is 8.11. The van der Waals surface area contributed by atoms with Gasteiger partial charge in [0.15, 0.2) is 0 Å². The van der Waals surface area contributed by atoms with Crippen LogP contribution in [0.2, 0.25) is 0 Å². The van der Waals surface area contributed by atoms with Crippen LogP contribution in [0.4, 0.5) is 0 Å². The first kappa shape index (κ1) is 17.1. The summed E-state index contributed by atoms with van der Waals surface area (Å²) in [5.41, 5.74) is 0. The largest absolute Gasteiger partial charge is 0.468 e. The third kappa shape index (κ3) is 3.93. The Hall–Kier alpha value is -1.33. The molecule has 1 aliphatic carbocycles. The molecule has 0 spiro atoms. The fourth-order valence-electron chi connectivity index (χ4n) is 4.74. The van der Waals surface area contributed by atoms with Crippen LogP contribution in [0.15, 0.2) is 22.8 Å². The van der Waals surface area contributed by atoms with Crippen LogP contribution in [-0.4, -0.2) is 55.6 Å². The zero-order chi connectivity index (χ0) is 17.2. The molecule has 25 heavy (non-hydrogen) atoms. The molecule has 5 heteroatoms. The molecule has 2 aliphatic heterocycles. The molecule has 1 aromatic heterocycles. The van der Waals surface area contributed by atoms with Gasteiger partial charge < -0.3 is 14.1 Å². The van der Waals surface area contributed by atoms with E-state index in [0.717, 1.165) is 63.9 Å². The van der Waals surface area contributed by atoms with Crippen molar-refractivity contribution in [3.8, 4) is 0 Å². The zero-order valence-electron chi connectivity index (χ0n) is 15.2. The Balaban J connectivity index is 1.45. The van der Waals surface area contributed by atoms with Gasteiger partial charge in [-0.05, 0) is 62.7 Å². The summed E-state index contributed by atoms with van der Waals surface area (Å²) in [6.07, 6.45) is 6.38. The Labute approximate surface area is 150 Å². The van der Waals surface area contributed by atoms with Crippen molar-refractivity contribution in [1.29, 1.82) is 0 Å². The first-order chi connectivity index (χ1) is 12.2. The number of methoxy groups -OCH3 is 1. The van der Waals surface area contributed by atoms with Crippen LogP contribution >= 0.6 is 0 Å². The number of hydrogen-bond acceptors (Lipinski definition) is 4. The number of carbonyl (C=O) groups is 1. The van der Waals surface area contributed by atoms with Gasteiger partial charge in [-0.1, -0.05) is 0 Å². The van der Waals surface area contributed by atoms with E-state index < -0.39 is 0 Å². The van der Waals surface area contributed by atoms with Crippen LogP contribution < -0.4 is 0 Å². The molecule has 0 aromatic carbocycles. The lowest BCUT2D eigenvalue weighted by atomic mass is 9.74. The third-order valence-electron chi connectivity index (χ3n) is 6.26. The smallest absolute Gasteiger partial charge is 0.226 e. The minimum Gasteiger partial charge on any atom is -0.468 e. The minimum atomic E-state index is 0.175. The zero-order valence-corrected chi connectivity index (χ0v) is 15.2. The van der Waals surface area contributed by atoms with Crippen LogP contribution in [0.1, 0.15) is 31.4 Å². The highest BCUT2D eigenvalue weighted by atomic mass is 16.5. The average molecular weight is 346 g/mol. The van der Waals surface area contributed by atoms with Crippen LogP contribution in [-0.2, 0) is 16.1 Å². The highest BCUT2D eigenvalue weighted by Gasteiger charge is 2.44. The fraction of sp³-hybridized carbons (Fsp3) is 0.750. The van der Waals surface area contributed by atoms with Gasteiger partial charge in [0, 0.05) is 32.0 Å². The number of carbonyl (C=O) groups excluding carboxylic acids is 1. The van der Waals surface area contributed by atoms with Gasteiger partial charge in [0.05, 0.1) is 19.4 Å². The first-order valence-corrected chi connectivity index (χ1v) is 9.77. The molecule has 3 atom stereocenters. The number of likely N-dealkylation sites (tertiary alicyclic amines) is 2. The SMILES string of the molecule is COC[C@@H]1CN(CC2CC2)C(=O)[C@H]2CCN(Cc3ccco3)CC[C@@H]12. The van der Waals surface area contributed by atoms with Crippen molar-refractivity contribution in [1.82, 2.24) is 9.80 Å². The molecule has 0 radical (unpaired) electrons. The molecule has 1 saturated carbocycles. The predicted octanol–water partition coefficient (Wildman–Crippen LogP) is 2.62. The molecule has 0 bridgehead atoms. The number of hydrogen-bond donors (Lipinski definition) is 0. The Morgan fingerprint density at radius 1 is 1.24 bits per heavy atom. The second kappa shape index (κ2) is 7.50. The van der Waals surface area contributed by atoms with Crippen molar-refractivity contribution in [3.05, 3.63) is 24.2 Å². The van der Waals surface area contributed by atoms with Gasteiger partial charge in [0.2, 0.25) is 5.91 Å². The maximum absolute atomic E-state index is 13.1. The van der Waals surface area contributed by atoms with E-state index in [-0.39, 0.29) is 5.92 Å². The lowest BCUT2D eigenvalue weighted by molar-refractivity contribution is -0.146. The molecule has 2 saturated heterocycles. The molecule has 1 aromatic rings. The van der Waals surface area contributed by atoms with E-state index in [1.807, 2.05) is 12.1 Å². The van der Waals surface area contributed by atoms with Crippen molar-refractivity contribution in [2.24, 2.45) is 23.7 Å². The summed E-state index contributed by atoms with van der Waals surface area (Å²) in [7, 11) is 1.79. The predicted molar refractivity (Wildman–Crippen MR) is 94.9 cm³/mol. The number of nitrogens with zero attached hydrogens (tertiary/aromatic N) is 2. The molecular formula is C20H30N2O3. The molecule has 0 N–H and O–H groups in total. The lowest BCUT2D eigenvalue weighted by Gasteiger charge is -2.42. The summed E-state index contributed by atoms with van der Waals surface area (Å²) < 4.78 is 11.0. The van der Waals surface area contributed by atoms with Crippen molar-refractivity contribution in [2.75, 3.05) is 39.9 Å². The number of ether oxygens (including phenoxy) is 1. The van der Waals surface area contributed by atoms with Gasteiger partial charge in [-0.15, -0.1) is 0 Å². The van der Waals surface area contributed by atoms with Crippen LogP contribution in [0.5, 0.6) is 0 Å². The molecule has 138 valence electrons. The van der Waals surface area contributed by atoms with E-state index in [0.29, 0.717) is 17.7 Å². The molecular weight excluding hydrogens is 316 g/mol. The summed E-state index contributed by atoms with van der Waals surface area (Å²) in [5, 5.41) is 0. The van der Waals surface area contributed by atoms with E-state index >= 15 is 0 Å². The normalized spacial score (nSPS) is 31.0. The number of furan rings is 1. The third-order valence-corrected chi connectivity index (χ3v) is 6.26.